The van der Waals surface area contributed by atoms with Gasteiger partial charge in [-0.2, -0.15) is 8.42 Å². The van der Waals surface area contributed by atoms with E-state index in [9.17, 15) is 18.0 Å². The van der Waals surface area contributed by atoms with Gasteiger partial charge in [0.05, 0.1) is 13.2 Å². The van der Waals surface area contributed by atoms with E-state index in [1.54, 1.807) is 13.8 Å². The third kappa shape index (κ3) is 8.31. The van der Waals surface area contributed by atoms with Gasteiger partial charge in [-0.1, -0.05) is 13.8 Å². The molecule has 0 aliphatic rings. The van der Waals surface area contributed by atoms with Crippen LogP contribution in [0.2, 0.25) is 0 Å². The van der Waals surface area contributed by atoms with Crippen LogP contribution in [-0.2, 0) is 19.7 Å². The van der Waals surface area contributed by atoms with Crippen molar-refractivity contribution in [2.24, 2.45) is 0 Å². The molecule has 0 aliphatic heterocycles. The molecule has 0 saturated carbocycles. The van der Waals surface area contributed by atoms with Crippen molar-refractivity contribution in [1.82, 2.24) is 9.44 Å². The Kier molecular flexibility index (Phi) is 7.03. The highest BCUT2D eigenvalue weighted by molar-refractivity contribution is 7.88. The molecule has 0 unspecified atom stereocenters. The van der Waals surface area contributed by atoms with Crippen molar-refractivity contribution in [3.63, 3.8) is 0 Å². The van der Waals surface area contributed by atoms with E-state index in [-0.39, 0.29) is 13.2 Å². The summed E-state index contributed by atoms with van der Waals surface area (Å²) in [7, 11) is -4.29. The van der Waals surface area contributed by atoms with Crippen LogP contribution in [0, 0.1) is 0 Å². The van der Waals surface area contributed by atoms with Crippen molar-refractivity contribution in [1.29, 1.82) is 0 Å². The standard InChI is InChI=1S/C8H16N2O6S/c1-3-5-15-7(11)9-17(13,14)10-8(12)16-6-4-2/h3-6H2,1-2H3,(H,9,11)(H,10,12). The fraction of sp³-hybridized carbons (Fsp3) is 0.750. The smallest absolute Gasteiger partial charge is 0.422 e. The Labute approximate surface area is 99.8 Å². The van der Waals surface area contributed by atoms with Gasteiger partial charge in [0.2, 0.25) is 0 Å². The lowest BCUT2D eigenvalue weighted by atomic mass is 10.5. The van der Waals surface area contributed by atoms with Gasteiger partial charge in [-0.15, -0.1) is 0 Å². The quantitative estimate of drug-likeness (QED) is 0.725. The van der Waals surface area contributed by atoms with E-state index in [0.29, 0.717) is 12.8 Å². The first-order valence-corrected chi connectivity index (χ1v) is 6.53. The topological polar surface area (TPSA) is 111 Å². The monoisotopic (exact) mass is 268 g/mol. The average Bonchev–Trinajstić information content (AvgIpc) is 2.22. The Balaban J connectivity index is 4.11. The van der Waals surface area contributed by atoms with Crippen molar-refractivity contribution in [3.8, 4) is 0 Å². The predicted octanol–water partition coefficient (Wildman–Crippen LogP) is 0.504. The lowest BCUT2D eigenvalue weighted by Gasteiger charge is -2.08. The second-order valence-electron chi connectivity index (χ2n) is 2.98. The molecule has 0 bridgehead atoms. The summed E-state index contributed by atoms with van der Waals surface area (Å²) in [5, 5.41) is 0. The van der Waals surface area contributed by atoms with Crippen LogP contribution in [0.3, 0.4) is 0 Å². The predicted molar refractivity (Wildman–Crippen MR) is 58.5 cm³/mol. The molecule has 0 aromatic carbocycles. The van der Waals surface area contributed by atoms with E-state index in [2.05, 4.69) is 9.47 Å². The van der Waals surface area contributed by atoms with Gasteiger partial charge in [-0.25, -0.2) is 19.0 Å². The molecule has 0 radical (unpaired) electrons. The van der Waals surface area contributed by atoms with Gasteiger partial charge >= 0.3 is 22.4 Å². The normalized spacial score (nSPS) is 10.5. The number of carbonyl (C=O) groups is 2. The van der Waals surface area contributed by atoms with Gasteiger partial charge in [0.15, 0.2) is 0 Å². The van der Waals surface area contributed by atoms with Crippen molar-refractivity contribution in [3.05, 3.63) is 0 Å². The highest BCUT2D eigenvalue weighted by atomic mass is 32.2. The summed E-state index contributed by atoms with van der Waals surface area (Å²) < 4.78 is 34.2. The molecule has 8 nitrogen and oxygen atoms in total. The molecule has 0 aromatic heterocycles. The summed E-state index contributed by atoms with van der Waals surface area (Å²) >= 11 is 0. The Morgan fingerprint density at radius 3 is 1.59 bits per heavy atom. The van der Waals surface area contributed by atoms with Crippen LogP contribution in [-0.4, -0.2) is 33.8 Å². The van der Waals surface area contributed by atoms with Crippen LogP contribution in [0.1, 0.15) is 26.7 Å². The maximum absolute atomic E-state index is 11.2. The molecule has 9 heteroatoms. The summed E-state index contributed by atoms with van der Waals surface area (Å²) in [5.74, 6) is 0. The second kappa shape index (κ2) is 7.71. The van der Waals surface area contributed by atoms with Crippen LogP contribution in [0.5, 0.6) is 0 Å². The highest BCUT2D eigenvalue weighted by Crippen LogP contribution is 1.88. The van der Waals surface area contributed by atoms with Crippen molar-refractivity contribution in [2.45, 2.75) is 26.7 Å². The van der Waals surface area contributed by atoms with Crippen LogP contribution in [0.25, 0.3) is 0 Å². The number of hydrogen-bond donors (Lipinski definition) is 2. The molecule has 2 N–H and O–H groups in total. The van der Waals surface area contributed by atoms with E-state index in [0.717, 1.165) is 0 Å². The zero-order valence-electron chi connectivity index (χ0n) is 9.69. The molecule has 17 heavy (non-hydrogen) atoms. The molecule has 0 rings (SSSR count). The summed E-state index contributed by atoms with van der Waals surface area (Å²) in [5.41, 5.74) is 0. The van der Waals surface area contributed by atoms with E-state index in [1.807, 2.05) is 0 Å². The van der Waals surface area contributed by atoms with Gasteiger partial charge < -0.3 is 9.47 Å². The lowest BCUT2D eigenvalue weighted by molar-refractivity contribution is 0.150. The molecular formula is C8H16N2O6S. The minimum absolute atomic E-state index is 0.0850. The minimum atomic E-state index is -4.29. The van der Waals surface area contributed by atoms with Gasteiger partial charge in [-0.3, -0.25) is 0 Å². The molecule has 2 amide bonds. The SMILES string of the molecule is CCCOC(=O)NS(=O)(=O)NC(=O)OCCC. The molecule has 0 atom stereocenters. The number of amides is 2. The molecular weight excluding hydrogens is 252 g/mol. The van der Waals surface area contributed by atoms with Crippen molar-refractivity contribution >= 4 is 22.4 Å². The number of carbonyl (C=O) groups excluding carboxylic acids is 2. The molecule has 0 aliphatic carbocycles. The van der Waals surface area contributed by atoms with Gasteiger partial charge in [0, 0.05) is 0 Å². The summed E-state index contributed by atoms with van der Waals surface area (Å²) in [4.78, 5) is 21.8. The maximum atomic E-state index is 11.2. The summed E-state index contributed by atoms with van der Waals surface area (Å²) in [6.45, 7) is 3.67. The van der Waals surface area contributed by atoms with Crippen LogP contribution >= 0.6 is 0 Å². The molecule has 0 spiro atoms. The maximum Gasteiger partial charge on any atom is 0.422 e. The zero-order chi connectivity index (χ0) is 13.3. The molecule has 0 fully saturated rings. The number of hydrogen-bond acceptors (Lipinski definition) is 6. The second-order valence-corrected chi connectivity index (χ2v) is 4.39. The zero-order valence-corrected chi connectivity index (χ0v) is 10.5. The molecule has 0 aromatic rings. The summed E-state index contributed by atoms with van der Waals surface area (Å²) in [6, 6.07) is 0. The van der Waals surface area contributed by atoms with Crippen molar-refractivity contribution < 1.29 is 27.5 Å². The number of ether oxygens (including phenoxy) is 2. The highest BCUT2D eigenvalue weighted by Gasteiger charge is 2.18. The largest absolute Gasteiger partial charge is 0.449 e. The lowest BCUT2D eigenvalue weighted by Crippen LogP contribution is -2.43. The molecule has 0 heterocycles. The van der Waals surface area contributed by atoms with E-state index in [4.69, 9.17) is 0 Å². The fourth-order valence-corrected chi connectivity index (χ4v) is 1.30. The molecule has 100 valence electrons. The average molecular weight is 268 g/mol. The third-order valence-corrected chi connectivity index (χ3v) is 2.18. The van der Waals surface area contributed by atoms with E-state index < -0.39 is 22.4 Å². The Hall–Kier alpha value is -1.51. The van der Waals surface area contributed by atoms with Gasteiger partial charge in [0.25, 0.3) is 0 Å². The van der Waals surface area contributed by atoms with Crippen LogP contribution < -0.4 is 9.44 Å². The fourth-order valence-electron chi connectivity index (χ4n) is 0.693. The Morgan fingerprint density at radius 2 is 1.29 bits per heavy atom. The minimum Gasteiger partial charge on any atom is -0.449 e. The Morgan fingerprint density at radius 1 is 0.941 bits per heavy atom. The number of nitrogens with one attached hydrogen (secondary N) is 2. The van der Waals surface area contributed by atoms with Crippen molar-refractivity contribution in [2.75, 3.05) is 13.2 Å². The number of rotatable bonds is 6. The van der Waals surface area contributed by atoms with Gasteiger partial charge in [-0.05, 0) is 12.8 Å². The Bertz CT molecular complexity index is 325. The first-order valence-electron chi connectivity index (χ1n) is 5.05. The van der Waals surface area contributed by atoms with E-state index >= 15 is 0 Å². The van der Waals surface area contributed by atoms with E-state index in [1.165, 1.54) is 9.44 Å². The van der Waals surface area contributed by atoms with Gasteiger partial charge in [0.1, 0.15) is 0 Å². The van der Waals surface area contributed by atoms with Crippen LogP contribution in [0.4, 0.5) is 9.59 Å². The summed E-state index contributed by atoms with van der Waals surface area (Å²) in [6.07, 6.45) is -1.19. The molecule has 0 saturated heterocycles. The van der Waals surface area contributed by atoms with Crippen LogP contribution in [0.15, 0.2) is 0 Å². The first kappa shape index (κ1) is 15.5. The first-order chi connectivity index (χ1) is 7.91. The third-order valence-electron chi connectivity index (χ3n) is 1.31.